The van der Waals surface area contributed by atoms with Crippen LogP contribution in [0.2, 0.25) is 0 Å². The van der Waals surface area contributed by atoms with Gasteiger partial charge in [0, 0.05) is 52.0 Å². The molecule has 3 unspecified atom stereocenters. The molecule has 2 aliphatic rings. The molecule has 3 rings (SSSR count). The molecule has 2 fully saturated rings. The van der Waals surface area contributed by atoms with Crippen LogP contribution in [-0.2, 0) is 4.79 Å². The smallest absolute Gasteiger partial charge is 0.239 e. The SMILES string of the molecule is CCC(C)C(N)C(=O)N1CCCC(CN2CCN(c3ccccn3)CC2)C1.Cl. The molecule has 158 valence electrons. The molecule has 2 aliphatic heterocycles. The van der Waals surface area contributed by atoms with Gasteiger partial charge in [-0.3, -0.25) is 9.69 Å². The van der Waals surface area contributed by atoms with E-state index in [1.165, 1.54) is 6.42 Å². The predicted octanol–water partition coefficient (Wildman–Crippen LogP) is 2.24. The van der Waals surface area contributed by atoms with Gasteiger partial charge in [0.2, 0.25) is 5.91 Å². The Morgan fingerprint density at radius 1 is 1.25 bits per heavy atom. The maximum atomic E-state index is 12.7. The Hall–Kier alpha value is -1.37. The average Bonchev–Trinajstić information content (AvgIpc) is 2.73. The summed E-state index contributed by atoms with van der Waals surface area (Å²) in [6.07, 6.45) is 5.12. The van der Waals surface area contributed by atoms with E-state index in [-0.39, 0.29) is 30.3 Å². The van der Waals surface area contributed by atoms with Crippen molar-refractivity contribution in [1.29, 1.82) is 0 Å². The summed E-state index contributed by atoms with van der Waals surface area (Å²) in [6, 6.07) is 5.74. The van der Waals surface area contributed by atoms with Crippen LogP contribution in [0.1, 0.15) is 33.1 Å². The quantitative estimate of drug-likeness (QED) is 0.780. The van der Waals surface area contributed by atoms with E-state index in [0.29, 0.717) is 5.92 Å². The van der Waals surface area contributed by atoms with Crippen molar-refractivity contribution in [2.75, 3.05) is 50.7 Å². The molecule has 1 aromatic heterocycles. The molecular weight excluding hydrogens is 374 g/mol. The number of amides is 1. The van der Waals surface area contributed by atoms with Gasteiger partial charge >= 0.3 is 0 Å². The fourth-order valence-corrected chi connectivity index (χ4v) is 4.19. The number of carbonyl (C=O) groups excluding carboxylic acids is 1. The zero-order valence-electron chi connectivity index (χ0n) is 17.3. The number of aromatic nitrogens is 1. The molecule has 3 heterocycles. The second-order valence-corrected chi connectivity index (χ2v) is 8.18. The molecule has 28 heavy (non-hydrogen) atoms. The highest BCUT2D eigenvalue weighted by molar-refractivity contribution is 5.85. The van der Waals surface area contributed by atoms with E-state index in [0.717, 1.165) is 64.5 Å². The number of anilines is 1. The molecule has 7 heteroatoms. The van der Waals surface area contributed by atoms with Crippen molar-refractivity contribution < 1.29 is 4.79 Å². The fourth-order valence-electron chi connectivity index (χ4n) is 4.19. The van der Waals surface area contributed by atoms with Gasteiger partial charge in [-0.05, 0) is 36.8 Å². The molecule has 0 radical (unpaired) electrons. The number of likely N-dealkylation sites (tertiary alicyclic amines) is 1. The maximum Gasteiger partial charge on any atom is 0.239 e. The predicted molar refractivity (Wildman–Crippen MR) is 117 cm³/mol. The summed E-state index contributed by atoms with van der Waals surface area (Å²) in [7, 11) is 0. The fraction of sp³-hybridized carbons (Fsp3) is 0.714. The lowest BCUT2D eigenvalue weighted by atomic mass is 9.94. The molecule has 2 saturated heterocycles. The Labute approximate surface area is 175 Å². The highest BCUT2D eigenvalue weighted by Gasteiger charge is 2.30. The minimum absolute atomic E-state index is 0. The molecule has 0 aromatic carbocycles. The minimum atomic E-state index is -0.351. The largest absolute Gasteiger partial charge is 0.354 e. The first-order valence-electron chi connectivity index (χ1n) is 10.5. The number of nitrogens with two attached hydrogens (primary N) is 1. The first kappa shape index (κ1) is 22.9. The minimum Gasteiger partial charge on any atom is -0.354 e. The van der Waals surface area contributed by atoms with Gasteiger partial charge in [0.05, 0.1) is 6.04 Å². The van der Waals surface area contributed by atoms with Gasteiger partial charge in [0.1, 0.15) is 5.82 Å². The Kier molecular flexibility index (Phi) is 8.99. The second kappa shape index (κ2) is 11.0. The van der Waals surface area contributed by atoms with Crippen molar-refractivity contribution >= 4 is 24.1 Å². The van der Waals surface area contributed by atoms with E-state index < -0.39 is 0 Å². The molecular formula is C21H36ClN5O. The van der Waals surface area contributed by atoms with Gasteiger partial charge in [-0.1, -0.05) is 26.3 Å². The third kappa shape index (κ3) is 5.82. The lowest BCUT2D eigenvalue weighted by Crippen LogP contribution is -2.53. The summed E-state index contributed by atoms with van der Waals surface area (Å²) < 4.78 is 0. The number of rotatable bonds is 6. The van der Waals surface area contributed by atoms with Crippen LogP contribution in [0.5, 0.6) is 0 Å². The number of hydrogen-bond donors (Lipinski definition) is 1. The van der Waals surface area contributed by atoms with Crippen molar-refractivity contribution in [2.45, 2.75) is 39.2 Å². The summed E-state index contributed by atoms with van der Waals surface area (Å²) in [5.74, 6) is 2.03. The third-order valence-corrected chi connectivity index (χ3v) is 6.23. The van der Waals surface area contributed by atoms with Crippen LogP contribution < -0.4 is 10.6 Å². The van der Waals surface area contributed by atoms with Gasteiger partial charge in [0.25, 0.3) is 0 Å². The van der Waals surface area contributed by atoms with Crippen LogP contribution in [-0.4, -0.2) is 72.5 Å². The number of hydrogen-bond acceptors (Lipinski definition) is 5. The third-order valence-electron chi connectivity index (χ3n) is 6.23. The van der Waals surface area contributed by atoms with E-state index in [2.05, 4.69) is 34.7 Å². The molecule has 1 aromatic rings. The number of halogens is 1. The van der Waals surface area contributed by atoms with E-state index in [1.54, 1.807) is 0 Å². The van der Waals surface area contributed by atoms with Gasteiger partial charge in [-0.2, -0.15) is 0 Å². The topological polar surface area (TPSA) is 65.7 Å². The monoisotopic (exact) mass is 409 g/mol. The molecule has 0 saturated carbocycles. The number of carbonyl (C=O) groups is 1. The zero-order chi connectivity index (χ0) is 19.2. The summed E-state index contributed by atoms with van der Waals surface area (Å²) in [5.41, 5.74) is 6.19. The van der Waals surface area contributed by atoms with Gasteiger partial charge in [0.15, 0.2) is 0 Å². The van der Waals surface area contributed by atoms with Crippen LogP contribution in [0.4, 0.5) is 5.82 Å². The van der Waals surface area contributed by atoms with Gasteiger partial charge in [-0.25, -0.2) is 4.98 Å². The van der Waals surface area contributed by atoms with E-state index in [1.807, 2.05) is 23.2 Å². The van der Waals surface area contributed by atoms with Crippen LogP contribution in [0.25, 0.3) is 0 Å². The Morgan fingerprint density at radius 3 is 2.64 bits per heavy atom. The average molecular weight is 410 g/mol. The van der Waals surface area contributed by atoms with Crippen molar-refractivity contribution in [2.24, 2.45) is 17.6 Å². The number of piperidine rings is 1. The number of nitrogens with zero attached hydrogens (tertiary/aromatic N) is 4. The first-order chi connectivity index (χ1) is 13.1. The van der Waals surface area contributed by atoms with Crippen molar-refractivity contribution in [3.63, 3.8) is 0 Å². The standard InChI is InChI=1S/C21H35N5O.ClH/c1-3-17(2)20(22)21(27)26-10-6-7-18(16-26)15-24-11-13-25(14-12-24)19-8-4-5-9-23-19;/h4-5,8-9,17-18,20H,3,6-7,10-16,22H2,1-2H3;1H. The Bertz CT molecular complexity index is 594. The molecule has 1 amide bonds. The van der Waals surface area contributed by atoms with Crippen LogP contribution in [0, 0.1) is 11.8 Å². The Morgan fingerprint density at radius 2 is 2.00 bits per heavy atom. The lowest BCUT2D eigenvalue weighted by molar-refractivity contribution is -0.135. The van der Waals surface area contributed by atoms with Crippen LogP contribution >= 0.6 is 12.4 Å². The number of pyridine rings is 1. The van der Waals surface area contributed by atoms with E-state index in [9.17, 15) is 4.79 Å². The van der Waals surface area contributed by atoms with Crippen molar-refractivity contribution in [1.82, 2.24) is 14.8 Å². The van der Waals surface area contributed by atoms with Crippen molar-refractivity contribution in [3.05, 3.63) is 24.4 Å². The van der Waals surface area contributed by atoms with E-state index in [4.69, 9.17) is 5.73 Å². The molecule has 3 atom stereocenters. The highest BCUT2D eigenvalue weighted by atomic mass is 35.5. The molecule has 0 bridgehead atoms. The van der Waals surface area contributed by atoms with Crippen molar-refractivity contribution in [3.8, 4) is 0 Å². The first-order valence-corrected chi connectivity index (χ1v) is 10.5. The van der Waals surface area contributed by atoms with Gasteiger partial charge in [-0.15, -0.1) is 12.4 Å². The second-order valence-electron chi connectivity index (χ2n) is 8.18. The summed E-state index contributed by atoms with van der Waals surface area (Å²) in [5, 5.41) is 0. The van der Waals surface area contributed by atoms with Crippen LogP contribution in [0.3, 0.4) is 0 Å². The molecule has 6 nitrogen and oxygen atoms in total. The summed E-state index contributed by atoms with van der Waals surface area (Å²) >= 11 is 0. The summed E-state index contributed by atoms with van der Waals surface area (Å²) in [4.78, 5) is 24.1. The highest BCUT2D eigenvalue weighted by Crippen LogP contribution is 2.21. The molecule has 2 N–H and O–H groups in total. The maximum absolute atomic E-state index is 12.7. The van der Waals surface area contributed by atoms with Gasteiger partial charge < -0.3 is 15.5 Å². The zero-order valence-corrected chi connectivity index (χ0v) is 18.1. The number of piperazine rings is 1. The lowest BCUT2D eigenvalue weighted by Gasteiger charge is -2.40. The molecule has 0 spiro atoms. The normalized spacial score (nSPS) is 23.0. The molecule has 0 aliphatic carbocycles. The summed E-state index contributed by atoms with van der Waals surface area (Å²) in [6.45, 7) is 11.2. The Balaban J connectivity index is 0.00000280. The van der Waals surface area contributed by atoms with Crippen LogP contribution in [0.15, 0.2) is 24.4 Å². The van der Waals surface area contributed by atoms with E-state index >= 15 is 0 Å².